The Morgan fingerprint density at radius 2 is 1.88 bits per heavy atom. The summed E-state index contributed by atoms with van der Waals surface area (Å²) in [5.74, 6) is 0.229. The summed E-state index contributed by atoms with van der Waals surface area (Å²) >= 11 is 3.44. The quantitative estimate of drug-likeness (QED) is 0.616. The van der Waals surface area contributed by atoms with E-state index in [2.05, 4.69) is 22.0 Å². The summed E-state index contributed by atoms with van der Waals surface area (Å²) in [6, 6.07) is 12.0. The maximum atomic E-state index is 11.7. The second-order valence-electron chi connectivity index (χ2n) is 3.88. The second-order valence-corrected chi connectivity index (χ2v) is 4.80. The van der Waals surface area contributed by atoms with Crippen LogP contribution in [0.2, 0.25) is 13.1 Å². The van der Waals surface area contributed by atoms with Crippen molar-refractivity contribution >= 4 is 39.8 Å². The number of rotatable bonds is 3. The fourth-order valence-corrected chi connectivity index (χ4v) is 2.14. The van der Waals surface area contributed by atoms with Crippen LogP contribution in [0.1, 0.15) is 10.4 Å². The summed E-state index contributed by atoms with van der Waals surface area (Å²) in [5, 5.41) is 2.27. The first-order chi connectivity index (χ1) is 7.70. The molecule has 0 fully saturated rings. The summed E-state index contributed by atoms with van der Waals surface area (Å²) in [4.78, 5) is 11.7. The molecule has 2 aromatic carbocycles. The van der Waals surface area contributed by atoms with E-state index in [-0.39, 0.29) is 5.78 Å². The molecule has 1 nitrogen and oxygen atoms in total. The van der Waals surface area contributed by atoms with Crippen molar-refractivity contribution in [3.8, 4) is 0 Å². The standard InChI is InChI=1S/C13H12BBrO/c1-14-8-13(16)11-3-2-10-7-12(15)5-4-9(10)6-11/h2-7,14H,8H2,1H3. The number of ketones is 1. The van der Waals surface area contributed by atoms with Crippen LogP contribution in [0, 0.1) is 0 Å². The molecule has 2 rings (SSSR count). The normalized spacial score (nSPS) is 10.4. The molecule has 0 aliphatic heterocycles. The van der Waals surface area contributed by atoms with E-state index in [4.69, 9.17) is 0 Å². The topological polar surface area (TPSA) is 17.1 Å². The maximum Gasteiger partial charge on any atom is 0.155 e. The van der Waals surface area contributed by atoms with Gasteiger partial charge in [0, 0.05) is 10.0 Å². The first-order valence-electron chi connectivity index (χ1n) is 5.43. The van der Waals surface area contributed by atoms with Gasteiger partial charge in [0.15, 0.2) is 5.78 Å². The number of halogens is 1. The minimum atomic E-state index is 0.229. The molecule has 0 bridgehead atoms. The Morgan fingerprint density at radius 1 is 1.19 bits per heavy atom. The zero-order valence-electron chi connectivity index (χ0n) is 9.16. The van der Waals surface area contributed by atoms with E-state index in [9.17, 15) is 4.79 Å². The summed E-state index contributed by atoms with van der Waals surface area (Å²) in [6.07, 6.45) is 0.627. The predicted octanol–water partition coefficient (Wildman–Crippen LogP) is 3.69. The van der Waals surface area contributed by atoms with Crippen molar-refractivity contribution in [3.05, 3.63) is 46.4 Å². The molecule has 0 aromatic heterocycles. The number of hydrogen-bond donors (Lipinski definition) is 0. The zero-order chi connectivity index (χ0) is 11.5. The number of carbonyl (C=O) groups excluding carboxylic acids is 1. The van der Waals surface area contributed by atoms with Crippen LogP contribution in [0.4, 0.5) is 0 Å². The van der Waals surface area contributed by atoms with Gasteiger partial charge in [-0.1, -0.05) is 41.0 Å². The van der Waals surface area contributed by atoms with Crippen LogP contribution in [-0.2, 0) is 0 Å². The van der Waals surface area contributed by atoms with Gasteiger partial charge in [-0.3, -0.25) is 4.79 Å². The third-order valence-electron chi connectivity index (χ3n) is 2.60. The molecule has 0 radical (unpaired) electrons. The average Bonchev–Trinajstić information content (AvgIpc) is 2.28. The minimum absolute atomic E-state index is 0.229. The van der Waals surface area contributed by atoms with E-state index < -0.39 is 0 Å². The van der Waals surface area contributed by atoms with Gasteiger partial charge in [-0.05, 0) is 35.3 Å². The minimum Gasteiger partial charge on any atom is -0.295 e. The number of fused-ring (bicyclic) bond motifs is 1. The highest BCUT2D eigenvalue weighted by molar-refractivity contribution is 9.10. The average molecular weight is 275 g/mol. The summed E-state index contributed by atoms with van der Waals surface area (Å²) < 4.78 is 1.06. The number of carbonyl (C=O) groups is 1. The Labute approximate surface area is 104 Å². The lowest BCUT2D eigenvalue weighted by Crippen LogP contribution is -2.00. The molecule has 3 heteroatoms. The Bertz CT molecular complexity index is 536. The van der Waals surface area contributed by atoms with Gasteiger partial charge in [0.2, 0.25) is 0 Å². The van der Waals surface area contributed by atoms with Gasteiger partial charge < -0.3 is 0 Å². The first-order valence-corrected chi connectivity index (χ1v) is 6.22. The third kappa shape index (κ3) is 2.35. The maximum absolute atomic E-state index is 11.7. The van der Waals surface area contributed by atoms with Gasteiger partial charge in [-0.25, -0.2) is 0 Å². The summed E-state index contributed by atoms with van der Waals surface area (Å²) in [7, 11) is 0.900. The Balaban J connectivity index is 2.44. The largest absolute Gasteiger partial charge is 0.295 e. The Kier molecular flexibility index (Phi) is 3.44. The van der Waals surface area contributed by atoms with E-state index in [0.717, 1.165) is 28.1 Å². The van der Waals surface area contributed by atoms with Crippen molar-refractivity contribution in [2.75, 3.05) is 0 Å². The van der Waals surface area contributed by atoms with Crippen LogP contribution in [0.15, 0.2) is 40.9 Å². The van der Waals surface area contributed by atoms with Gasteiger partial charge in [0.25, 0.3) is 0 Å². The molecule has 0 atom stereocenters. The van der Waals surface area contributed by atoms with E-state index in [0.29, 0.717) is 6.32 Å². The van der Waals surface area contributed by atoms with E-state index in [1.165, 1.54) is 0 Å². The Hall–Kier alpha value is -1.09. The van der Waals surface area contributed by atoms with E-state index in [1.807, 2.05) is 37.2 Å². The number of Topliss-reactive ketones (excluding diaryl/α,β-unsaturated/α-hetero) is 1. The lowest BCUT2D eigenvalue weighted by Gasteiger charge is -2.02. The van der Waals surface area contributed by atoms with Gasteiger partial charge >= 0.3 is 0 Å². The van der Waals surface area contributed by atoms with E-state index >= 15 is 0 Å². The van der Waals surface area contributed by atoms with Gasteiger partial charge in [-0.2, -0.15) is 0 Å². The van der Waals surface area contributed by atoms with Crippen LogP contribution < -0.4 is 0 Å². The van der Waals surface area contributed by atoms with Gasteiger partial charge in [-0.15, -0.1) is 0 Å². The van der Waals surface area contributed by atoms with E-state index in [1.54, 1.807) is 0 Å². The van der Waals surface area contributed by atoms with Crippen molar-refractivity contribution in [2.24, 2.45) is 0 Å². The molecular weight excluding hydrogens is 263 g/mol. The van der Waals surface area contributed by atoms with Crippen molar-refractivity contribution < 1.29 is 4.79 Å². The predicted molar refractivity (Wildman–Crippen MR) is 73.8 cm³/mol. The smallest absolute Gasteiger partial charge is 0.155 e. The highest BCUT2D eigenvalue weighted by atomic mass is 79.9. The summed E-state index contributed by atoms with van der Waals surface area (Å²) in [6.45, 7) is 2.02. The molecule has 0 saturated heterocycles. The lowest BCUT2D eigenvalue weighted by molar-refractivity contribution is 0.101. The lowest BCUT2D eigenvalue weighted by atomic mass is 9.75. The molecule has 0 heterocycles. The molecule has 0 aliphatic carbocycles. The van der Waals surface area contributed by atoms with Crippen LogP contribution in [0.25, 0.3) is 10.8 Å². The number of hydrogen-bond acceptors (Lipinski definition) is 1. The highest BCUT2D eigenvalue weighted by Gasteiger charge is 2.05. The monoisotopic (exact) mass is 274 g/mol. The fraction of sp³-hybridized carbons (Fsp3) is 0.154. The number of benzene rings is 2. The molecule has 0 amide bonds. The molecule has 0 saturated carbocycles. The molecule has 2 aromatic rings. The molecule has 0 aliphatic rings. The van der Waals surface area contributed by atoms with Crippen molar-refractivity contribution in [1.29, 1.82) is 0 Å². The SMILES string of the molecule is CBCC(=O)c1ccc2cc(Br)ccc2c1. The molecule has 0 spiro atoms. The van der Waals surface area contributed by atoms with Crippen molar-refractivity contribution in [2.45, 2.75) is 13.1 Å². The summed E-state index contributed by atoms with van der Waals surface area (Å²) in [5.41, 5.74) is 0.816. The molecule has 80 valence electrons. The molecule has 16 heavy (non-hydrogen) atoms. The molecular formula is C13H12BBrO. The second kappa shape index (κ2) is 4.83. The van der Waals surface area contributed by atoms with Crippen LogP contribution in [-0.4, -0.2) is 13.1 Å². The highest BCUT2D eigenvalue weighted by Crippen LogP contribution is 2.21. The van der Waals surface area contributed by atoms with Gasteiger partial charge in [0.1, 0.15) is 7.28 Å². The van der Waals surface area contributed by atoms with Crippen molar-refractivity contribution in [3.63, 3.8) is 0 Å². The first kappa shape index (κ1) is 11.4. The molecule has 0 unspecified atom stereocenters. The van der Waals surface area contributed by atoms with Crippen LogP contribution in [0.3, 0.4) is 0 Å². The Morgan fingerprint density at radius 3 is 2.62 bits per heavy atom. The van der Waals surface area contributed by atoms with Crippen molar-refractivity contribution in [1.82, 2.24) is 0 Å². The van der Waals surface area contributed by atoms with Gasteiger partial charge in [0.05, 0.1) is 0 Å². The zero-order valence-corrected chi connectivity index (χ0v) is 10.8. The third-order valence-corrected chi connectivity index (χ3v) is 3.09. The van der Waals surface area contributed by atoms with Crippen LogP contribution in [0.5, 0.6) is 0 Å². The molecule has 0 N–H and O–H groups in total. The fourth-order valence-electron chi connectivity index (χ4n) is 1.76. The van der Waals surface area contributed by atoms with Crippen LogP contribution >= 0.6 is 15.9 Å².